The summed E-state index contributed by atoms with van der Waals surface area (Å²) in [5, 5.41) is 0. The zero-order valence-corrected chi connectivity index (χ0v) is 17.8. The van der Waals surface area contributed by atoms with E-state index in [2.05, 4.69) is 37.6 Å². The summed E-state index contributed by atoms with van der Waals surface area (Å²) in [6.07, 6.45) is 7.46. The third kappa shape index (κ3) is 3.90. The van der Waals surface area contributed by atoms with Gasteiger partial charge in [0.2, 0.25) is 10.0 Å². The first-order valence-electron chi connectivity index (χ1n) is 9.47. The number of rotatable bonds is 6. The van der Waals surface area contributed by atoms with Crippen molar-refractivity contribution in [3.63, 3.8) is 0 Å². The minimum absolute atomic E-state index is 0.0611. The first-order valence-corrected chi connectivity index (χ1v) is 11.4. The number of pyridine rings is 2. The van der Waals surface area contributed by atoms with E-state index in [0.717, 1.165) is 40.3 Å². The molecule has 0 unspecified atom stereocenters. The van der Waals surface area contributed by atoms with Crippen molar-refractivity contribution in [2.24, 2.45) is 7.05 Å². The van der Waals surface area contributed by atoms with Crippen LogP contribution in [0, 0.1) is 0 Å². The molecule has 10 heteroatoms. The summed E-state index contributed by atoms with van der Waals surface area (Å²) in [5.41, 5.74) is 4.04. The van der Waals surface area contributed by atoms with Crippen molar-refractivity contribution in [3.8, 4) is 0 Å². The fourth-order valence-corrected chi connectivity index (χ4v) is 4.36. The van der Waals surface area contributed by atoms with Crippen molar-refractivity contribution in [3.05, 3.63) is 36.4 Å². The number of sulfonamides is 1. The number of fused-ring (bicyclic) bond motifs is 1. The van der Waals surface area contributed by atoms with E-state index < -0.39 is 10.0 Å². The maximum atomic E-state index is 11.4. The van der Waals surface area contributed by atoms with Gasteiger partial charge in [-0.3, -0.25) is 0 Å². The average Bonchev–Trinajstić information content (AvgIpc) is 3.03. The third-order valence-electron chi connectivity index (χ3n) is 5.22. The van der Waals surface area contributed by atoms with Gasteiger partial charge in [-0.2, -0.15) is 0 Å². The summed E-state index contributed by atoms with van der Waals surface area (Å²) in [4.78, 5) is 17.6. The second kappa shape index (κ2) is 7.27. The van der Waals surface area contributed by atoms with Crippen LogP contribution in [0.5, 0.6) is 0 Å². The molecule has 0 saturated carbocycles. The minimum Gasteiger partial charge on any atom is -0.353 e. The van der Waals surface area contributed by atoms with E-state index in [1.54, 1.807) is 12.5 Å². The molecule has 4 heterocycles. The molecule has 0 spiro atoms. The van der Waals surface area contributed by atoms with Crippen LogP contribution in [0.25, 0.3) is 11.0 Å². The zero-order chi connectivity index (χ0) is 20.8. The van der Waals surface area contributed by atoms with E-state index >= 15 is 0 Å². The molecule has 0 aliphatic carbocycles. The van der Waals surface area contributed by atoms with Crippen molar-refractivity contribution in [2.75, 3.05) is 36.2 Å². The Bertz CT molecular complexity index is 1150. The number of nitrogens with one attached hydrogen (secondary N) is 1. The predicted octanol–water partition coefficient (Wildman–Crippen LogP) is 1.43. The van der Waals surface area contributed by atoms with Gasteiger partial charge in [-0.15, -0.1) is 0 Å². The summed E-state index contributed by atoms with van der Waals surface area (Å²) >= 11 is 0. The van der Waals surface area contributed by atoms with Crippen molar-refractivity contribution < 1.29 is 8.42 Å². The minimum atomic E-state index is -3.18. The molecule has 154 valence electrons. The van der Waals surface area contributed by atoms with E-state index in [-0.39, 0.29) is 6.04 Å². The molecular formula is C19H25N7O2S. The van der Waals surface area contributed by atoms with Gasteiger partial charge in [-0.05, 0) is 18.1 Å². The molecule has 1 aliphatic rings. The number of imidazole rings is 1. The molecule has 3 aromatic rings. The molecule has 1 N–H and O–H groups in total. The van der Waals surface area contributed by atoms with Gasteiger partial charge in [-0.25, -0.2) is 28.1 Å². The van der Waals surface area contributed by atoms with Gasteiger partial charge in [0, 0.05) is 33.3 Å². The van der Waals surface area contributed by atoms with Gasteiger partial charge >= 0.3 is 0 Å². The van der Waals surface area contributed by atoms with Crippen LogP contribution in [0.3, 0.4) is 0 Å². The van der Waals surface area contributed by atoms with Crippen LogP contribution in [0.2, 0.25) is 0 Å². The molecule has 1 fully saturated rings. The van der Waals surface area contributed by atoms with Gasteiger partial charge in [0.25, 0.3) is 0 Å². The Morgan fingerprint density at radius 1 is 1.21 bits per heavy atom. The van der Waals surface area contributed by atoms with Crippen LogP contribution in [0.1, 0.15) is 12.5 Å². The van der Waals surface area contributed by atoms with Crippen LogP contribution in [-0.2, 0) is 23.5 Å². The highest BCUT2D eigenvalue weighted by Gasteiger charge is 2.30. The van der Waals surface area contributed by atoms with Crippen LogP contribution in [-0.4, -0.2) is 60.4 Å². The molecule has 0 aromatic carbocycles. The first-order chi connectivity index (χ1) is 13.7. The SMILES string of the molecule is CCc1cc(N2CC(NS(C)(=O)=O)C2)ncc1N(C)c1cc2c(cn1)ncn2C. The van der Waals surface area contributed by atoms with E-state index in [4.69, 9.17) is 0 Å². The highest BCUT2D eigenvalue weighted by Crippen LogP contribution is 2.30. The molecule has 3 aromatic heterocycles. The lowest BCUT2D eigenvalue weighted by Gasteiger charge is -2.40. The van der Waals surface area contributed by atoms with Crippen LogP contribution in [0.15, 0.2) is 30.9 Å². The normalized spacial score (nSPS) is 15.0. The molecule has 4 rings (SSSR count). The van der Waals surface area contributed by atoms with E-state index in [1.807, 2.05) is 35.8 Å². The smallest absolute Gasteiger partial charge is 0.209 e. The lowest BCUT2D eigenvalue weighted by atomic mass is 10.1. The van der Waals surface area contributed by atoms with E-state index in [1.165, 1.54) is 6.26 Å². The van der Waals surface area contributed by atoms with Crippen molar-refractivity contribution >= 4 is 38.4 Å². The third-order valence-corrected chi connectivity index (χ3v) is 5.98. The summed E-state index contributed by atoms with van der Waals surface area (Å²) in [5.74, 6) is 1.69. The summed E-state index contributed by atoms with van der Waals surface area (Å²) in [7, 11) is 0.764. The van der Waals surface area contributed by atoms with E-state index in [9.17, 15) is 8.42 Å². The van der Waals surface area contributed by atoms with Gasteiger partial charge in [-0.1, -0.05) is 6.92 Å². The molecule has 0 bridgehead atoms. The van der Waals surface area contributed by atoms with Gasteiger partial charge in [0.1, 0.15) is 17.2 Å². The highest BCUT2D eigenvalue weighted by atomic mass is 32.2. The standard InChI is InChI=1S/C19H25N7O2S/c1-5-13-6-19(26-10-14(11-26)23-29(4,27)28)21-9-17(13)25(3)18-7-16-15(8-20-18)22-12-24(16)2/h6-9,12,14,23H,5,10-11H2,1-4H3. The van der Waals surface area contributed by atoms with Crippen LogP contribution < -0.4 is 14.5 Å². The average molecular weight is 416 g/mol. The fourth-order valence-electron chi connectivity index (χ4n) is 3.61. The fraction of sp³-hybridized carbons (Fsp3) is 0.421. The van der Waals surface area contributed by atoms with Crippen molar-refractivity contribution in [2.45, 2.75) is 19.4 Å². The Morgan fingerprint density at radius 3 is 2.66 bits per heavy atom. The molecular weight excluding hydrogens is 390 g/mol. The second-order valence-corrected chi connectivity index (χ2v) is 9.24. The molecule has 9 nitrogen and oxygen atoms in total. The Balaban J connectivity index is 1.55. The summed E-state index contributed by atoms with van der Waals surface area (Å²) in [6.45, 7) is 3.35. The van der Waals surface area contributed by atoms with Gasteiger partial charge in [0.05, 0.1) is 42.2 Å². The van der Waals surface area contributed by atoms with Crippen molar-refractivity contribution in [1.29, 1.82) is 0 Å². The molecule has 29 heavy (non-hydrogen) atoms. The molecule has 1 aliphatic heterocycles. The van der Waals surface area contributed by atoms with Crippen LogP contribution in [0.4, 0.5) is 17.3 Å². The number of hydrogen-bond donors (Lipinski definition) is 1. The first kappa shape index (κ1) is 19.6. The Morgan fingerprint density at radius 2 is 1.97 bits per heavy atom. The highest BCUT2D eigenvalue weighted by molar-refractivity contribution is 7.88. The van der Waals surface area contributed by atoms with Crippen molar-refractivity contribution in [1.82, 2.24) is 24.2 Å². The second-order valence-electron chi connectivity index (χ2n) is 7.46. The number of aryl methyl sites for hydroxylation is 2. The Hall–Kier alpha value is -2.72. The zero-order valence-electron chi connectivity index (χ0n) is 17.0. The lowest BCUT2D eigenvalue weighted by molar-refractivity contribution is 0.468. The summed E-state index contributed by atoms with van der Waals surface area (Å²) in [6, 6.07) is 4.03. The molecule has 0 radical (unpaired) electrons. The Kier molecular flexibility index (Phi) is 4.91. The van der Waals surface area contributed by atoms with Gasteiger partial charge < -0.3 is 14.4 Å². The summed E-state index contributed by atoms with van der Waals surface area (Å²) < 4.78 is 27.3. The van der Waals surface area contributed by atoms with Crippen LogP contribution >= 0.6 is 0 Å². The quantitative estimate of drug-likeness (QED) is 0.651. The number of anilines is 3. The number of nitrogens with zero attached hydrogens (tertiary/aromatic N) is 6. The maximum absolute atomic E-state index is 11.4. The topological polar surface area (TPSA) is 96.2 Å². The Labute approximate surface area is 170 Å². The maximum Gasteiger partial charge on any atom is 0.209 e. The molecule has 0 atom stereocenters. The predicted molar refractivity (Wildman–Crippen MR) is 114 cm³/mol. The number of aromatic nitrogens is 4. The van der Waals surface area contributed by atoms with Gasteiger partial charge in [0.15, 0.2) is 0 Å². The number of hydrogen-bond acceptors (Lipinski definition) is 7. The van der Waals surface area contributed by atoms with E-state index in [0.29, 0.717) is 13.1 Å². The largest absolute Gasteiger partial charge is 0.353 e. The lowest BCUT2D eigenvalue weighted by Crippen LogP contribution is -2.59. The monoisotopic (exact) mass is 415 g/mol. The molecule has 0 amide bonds. The molecule has 1 saturated heterocycles.